The summed E-state index contributed by atoms with van der Waals surface area (Å²) in [6.45, 7) is 9.46. The fourth-order valence-corrected chi connectivity index (χ4v) is 12.4. The van der Waals surface area contributed by atoms with E-state index in [9.17, 15) is 0 Å². The summed E-state index contributed by atoms with van der Waals surface area (Å²) in [7, 11) is 0. The molecule has 0 bridgehead atoms. The zero-order valence-corrected chi connectivity index (χ0v) is 14.6. The Hall–Kier alpha value is 0.623. The summed E-state index contributed by atoms with van der Waals surface area (Å²) in [5.41, 5.74) is 0. The first-order valence-corrected chi connectivity index (χ1v) is 12.7. The fraction of sp³-hybridized carbons (Fsp3) is 1.00. The van der Waals surface area contributed by atoms with Crippen molar-refractivity contribution in [3.8, 4) is 0 Å². The summed E-state index contributed by atoms with van der Waals surface area (Å²) in [6, 6.07) is 0. The molecule has 0 amide bonds. The van der Waals surface area contributed by atoms with Gasteiger partial charge in [-0.25, -0.2) is 0 Å². The fourth-order valence-electron chi connectivity index (χ4n) is 2.09. The maximum atomic E-state index is 2.36. The Labute approximate surface area is 114 Å². The molecule has 0 heterocycles. The molecule has 0 aromatic heterocycles. The van der Waals surface area contributed by atoms with E-state index in [-0.39, 0.29) is 0 Å². The first-order chi connectivity index (χ1) is 8.24. The van der Waals surface area contributed by atoms with Crippen LogP contribution in [0.5, 0.6) is 0 Å². The predicted molar refractivity (Wildman–Crippen MR) is 78.9 cm³/mol. The zero-order valence-electron chi connectivity index (χ0n) is 12.8. The SMILES string of the molecule is CCC[CH2][Ru]([CH2]CCC)([CH2]CCC)[CH2]CCC. The van der Waals surface area contributed by atoms with Gasteiger partial charge >= 0.3 is 114 Å². The number of rotatable bonds is 12. The molecule has 0 aliphatic carbocycles. The van der Waals surface area contributed by atoms with Gasteiger partial charge in [-0.2, -0.15) is 0 Å². The normalized spacial score (nSPS) is 12.9. The molecule has 0 atom stereocenters. The summed E-state index contributed by atoms with van der Waals surface area (Å²) in [4.78, 5) is 0. The Kier molecular flexibility index (Phi) is 12.1. The van der Waals surface area contributed by atoms with E-state index < -0.39 is 14.8 Å². The number of hydrogen-bond acceptors (Lipinski definition) is 0. The second kappa shape index (κ2) is 11.7. The van der Waals surface area contributed by atoms with Gasteiger partial charge in [0.25, 0.3) is 0 Å². The Bertz CT molecular complexity index is 116. The van der Waals surface area contributed by atoms with E-state index in [4.69, 9.17) is 0 Å². The molecule has 0 aliphatic heterocycles. The molecule has 0 N–H and O–H groups in total. The molecule has 0 rings (SSSR count). The van der Waals surface area contributed by atoms with Crippen LogP contribution in [0.1, 0.15) is 79.1 Å². The summed E-state index contributed by atoms with van der Waals surface area (Å²) in [5.74, 6) is 0. The van der Waals surface area contributed by atoms with Gasteiger partial charge in [0.05, 0.1) is 0 Å². The van der Waals surface area contributed by atoms with Gasteiger partial charge in [-0.1, -0.05) is 0 Å². The standard InChI is InChI=1S/4C4H9.Ru/c4*1-3-4-2;/h4*1,3-4H2,2H3;. The van der Waals surface area contributed by atoms with Crippen molar-refractivity contribution in [1.82, 2.24) is 0 Å². The molecule has 0 aromatic rings. The maximum absolute atomic E-state index is 2.36. The third-order valence-electron chi connectivity index (χ3n) is 3.41. The van der Waals surface area contributed by atoms with Crippen molar-refractivity contribution >= 4 is 0 Å². The van der Waals surface area contributed by atoms with Crippen LogP contribution in [0.4, 0.5) is 0 Å². The molecule has 0 fully saturated rings. The van der Waals surface area contributed by atoms with E-state index in [1.165, 1.54) is 51.4 Å². The molecule has 0 saturated carbocycles. The van der Waals surface area contributed by atoms with Gasteiger partial charge in [0, 0.05) is 0 Å². The van der Waals surface area contributed by atoms with E-state index >= 15 is 0 Å². The second-order valence-electron chi connectivity index (χ2n) is 5.18. The summed E-state index contributed by atoms with van der Waals surface area (Å²) >= 11 is -1.23. The summed E-state index contributed by atoms with van der Waals surface area (Å²) in [5, 5.41) is 6.64. The van der Waals surface area contributed by atoms with E-state index in [2.05, 4.69) is 27.7 Å². The molecule has 108 valence electrons. The van der Waals surface area contributed by atoms with Gasteiger partial charge in [0.2, 0.25) is 0 Å². The van der Waals surface area contributed by atoms with Gasteiger partial charge < -0.3 is 0 Å². The summed E-state index contributed by atoms with van der Waals surface area (Å²) in [6.07, 6.45) is 11.7. The first-order valence-electron chi connectivity index (χ1n) is 7.83. The van der Waals surface area contributed by atoms with E-state index in [0.717, 1.165) is 0 Å². The first kappa shape index (κ1) is 17.6. The second-order valence-corrected chi connectivity index (χ2v) is 13.9. The van der Waals surface area contributed by atoms with Crippen LogP contribution in [-0.2, 0) is 14.8 Å². The van der Waals surface area contributed by atoms with Crippen molar-refractivity contribution in [2.75, 3.05) is 0 Å². The van der Waals surface area contributed by atoms with Crippen molar-refractivity contribution in [3.05, 3.63) is 0 Å². The molecule has 1 heteroatoms. The third-order valence-corrected chi connectivity index (χ3v) is 13.2. The predicted octanol–water partition coefficient (Wildman–Crippen LogP) is 7.01. The Balaban J connectivity index is 4.39. The monoisotopic (exact) mass is 330 g/mol. The third kappa shape index (κ3) is 8.36. The van der Waals surface area contributed by atoms with Gasteiger partial charge in [-0.05, 0) is 0 Å². The van der Waals surface area contributed by atoms with Crippen LogP contribution in [0.15, 0.2) is 0 Å². The van der Waals surface area contributed by atoms with Crippen LogP contribution in [0.2, 0.25) is 20.1 Å². The average Bonchev–Trinajstić information content (AvgIpc) is 2.37. The van der Waals surface area contributed by atoms with Gasteiger partial charge in [-0.3, -0.25) is 0 Å². The number of unbranched alkanes of at least 4 members (excludes halogenated alkanes) is 4. The number of hydrogen-bond donors (Lipinski definition) is 0. The Morgan fingerprint density at radius 2 is 0.706 bits per heavy atom. The van der Waals surface area contributed by atoms with Crippen molar-refractivity contribution in [1.29, 1.82) is 0 Å². The summed E-state index contributed by atoms with van der Waals surface area (Å²) < 4.78 is 0. The molecule has 0 aliphatic rings. The van der Waals surface area contributed by atoms with Crippen molar-refractivity contribution < 1.29 is 14.8 Å². The van der Waals surface area contributed by atoms with Crippen LogP contribution >= 0.6 is 0 Å². The molecule has 0 unspecified atom stereocenters. The van der Waals surface area contributed by atoms with Crippen molar-refractivity contribution in [2.45, 2.75) is 99.1 Å². The Morgan fingerprint density at radius 1 is 0.471 bits per heavy atom. The van der Waals surface area contributed by atoms with Crippen LogP contribution < -0.4 is 0 Å². The van der Waals surface area contributed by atoms with Gasteiger partial charge in [0.15, 0.2) is 0 Å². The van der Waals surface area contributed by atoms with E-state index in [1.54, 1.807) is 20.1 Å². The van der Waals surface area contributed by atoms with E-state index in [1.807, 2.05) is 0 Å². The van der Waals surface area contributed by atoms with Crippen molar-refractivity contribution in [3.63, 3.8) is 0 Å². The van der Waals surface area contributed by atoms with Crippen LogP contribution in [-0.4, -0.2) is 0 Å². The van der Waals surface area contributed by atoms with Crippen LogP contribution in [0, 0.1) is 0 Å². The minimum atomic E-state index is -1.23. The minimum absolute atomic E-state index is 1.23. The molecule has 0 nitrogen and oxygen atoms in total. The molecule has 17 heavy (non-hydrogen) atoms. The van der Waals surface area contributed by atoms with E-state index in [0.29, 0.717) is 0 Å². The van der Waals surface area contributed by atoms with Crippen LogP contribution in [0.25, 0.3) is 0 Å². The quantitative estimate of drug-likeness (QED) is 0.338. The van der Waals surface area contributed by atoms with Gasteiger partial charge in [-0.15, -0.1) is 0 Å². The molecule has 0 saturated heterocycles. The molecule has 0 spiro atoms. The zero-order chi connectivity index (χ0) is 13.0. The molecule has 0 aromatic carbocycles. The van der Waals surface area contributed by atoms with Crippen LogP contribution in [0.3, 0.4) is 0 Å². The average molecular weight is 330 g/mol. The topological polar surface area (TPSA) is 0 Å². The molecular weight excluding hydrogens is 293 g/mol. The Morgan fingerprint density at radius 3 is 0.882 bits per heavy atom. The van der Waals surface area contributed by atoms with Gasteiger partial charge in [0.1, 0.15) is 0 Å². The van der Waals surface area contributed by atoms with Crippen molar-refractivity contribution in [2.24, 2.45) is 0 Å². The molecular formula is C16H36Ru. The molecule has 0 radical (unpaired) electrons.